The number of para-hydroxylation sites is 3. The maximum atomic E-state index is 4.50. The number of aromatic nitrogens is 4. The van der Waals surface area contributed by atoms with Gasteiger partial charge in [-0.15, -0.1) is 5.10 Å². The molecule has 11 rings (SSSR count). The molecule has 352 valence electrons. The number of fused-ring (bicyclic) bond motifs is 2. The molecule has 3 aliphatic rings. The van der Waals surface area contributed by atoms with Crippen LogP contribution in [0.15, 0.2) is 251 Å². The van der Waals surface area contributed by atoms with Crippen LogP contribution < -0.4 is 26.8 Å². The van der Waals surface area contributed by atoms with Crippen molar-refractivity contribution in [1.82, 2.24) is 20.2 Å². The van der Waals surface area contributed by atoms with Gasteiger partial charge in [0.1, 0.15) is 13.2 Å². The fraction of sp³-hybridized carbons (Fsp3) is 0.175. The van der Waals surface area contributed by atoms with E-state index in [1.54, 1.807) is 11.8 Å². The Morgan fingerprint density at radius 2 is 1.07 bits per heavy atom. The fourth-order valence-corrected chi connectivity index (χ4v) is 12.6. The summed E-state index contributed by atoms with van der Waals surface area (Å²) in [5.74, 6) is 0. The predicted octanol–water partition coefficient (Wildman–Crippen LogP) is 11.8. The minimum atomic E-state index is -1.22. The van der Waals surface area contributed by atoms with Gasteiger partial charge in [0, 0.05) is 46.5 Å². The molecule has 8 aromatic rings. The van der Waals surface area contributed by atoms with Crippen molar-refractivity contribution in [3.63, 3.8) is 0 Å². The van der Waals surface area contributed by atoms with Crippen LogP contribution in [0.4, 0.5) is 11.4 Å². The molecule has 0 fully saturated rings. The minimum Gasteiger partial charge on any atom is -0.347 e. The molecule has 0 radical (unpaired) electrons. The monoisotopic (exact) mass is 944 g/mol. The zero-order chi connectivity index (χ0) is 49.0. The van der Waals surface area contributed by atoms with Crippen molar-refractivity contribution < 1.29 is 4.58 Å². The van der Waals surface area contributed by atoms with Gasteiger partial charge in [0.2, 0.25) is 10.8 Å². The average molecular weight is 945 g/mol. The molecule has 1 aromatic heterocycles. The topological polar surface area (TPSA) is 49.9 Å². The Hall–Kier alpha value is -7.55. The third kappa shape index (κ3) is 8.87. The van der Waals surface area contributed by atoms with E-state index in [9.17, 15) is 0 Å². The highest BCUT2D eigenvalue weighted by molar-refractivity contribution is 8.03. The maximum absolute atomic E-state index is 4.50. The van der Waals surface area contributed by atoms with Gasteiger partial charge in [0.05, 0.1) is 11.1 Å². The van der Waals surface area contributed by atoms with Crippen molar-refractivity contribution in [2.75, 3.05) is 19.0 Å². The Kier molecular flexibility index (Phi) is 13.3. The highest BCUT2D eigenvalue weighted by Gasteiger charge is 2.43. The first-order valence-electron chi connectivity index (χ1n) is 24.9. The second kappa shape index (κ2) is 20.1. The average Bonchev–Trinajstić information content (AvgIpc) is 4.02. The SMILES string of the molecule is CN1C(=CC=C2CCCC(C=CC3=[N+](C)c4ccccc4C3(C)C)=C2Sc2nnnn2-c2ccccc2)C(C)(C)c2ccccc21.c1ccc([B-](c2ccccc2)(c2ccccc2)c2ccccc2)cc1. The van der Waals surface area contributed by atoms with Crippen molar-refractivity contribution in [3.05, 3.63) is 257 Å². The molecule has 2 aliphatic heterocycles. The molecule has 0 saturated carbocycles. The maximum Gasteiger partial charge on any atom is 0.218 e. The zero-order valence-electron chi connectivity index (χ0n) is 41.7. The van der Waals surface area contributed by atoms with E-state index in [1.807, 2.05) is 35.0 Å². The van der Waals surface area contributed by atoms with E-state index >= 15 is 0 Å². The smallest absolute Gasteiger partial charge is 0.218 e. The van der Waals surface area contributed by atoms with Crippen molar-refractivity contribution in [2.45, 2.75) is 62.9 Å². The molecule has 0 saturated heterocycles. The Balaban J connectivity index is 0.000000196. The lowest BCUT2D eigenvalue weighted by Crippen LogP contribution is -2.74. The molecule has 0 bridgehead atoms. The van der Waals surface area contributed by atoms with Crippen molar-refractivity contribution >= 4 is 56.8 Å². The van der Waals surface area contributed by atoms with E-state index in [0.717, 1.165) is 30.1 Å². The highest BCUT2D eigenvalue weighted by atomic mass is 32.2. The first kappa shape index (κ1) is 47.1. The van der Waals surface area contributed by atoms with Crippen LogP contribution in [0.25, 0.3) is 5.69 Å². The Bertz CT molecular complexity index is 3150. The van der Waals surface area contributed by atoms with Gasteiger partial charge in [-0.2, -0.15) is 31.1 Å². The molecule has 3 heterocycles. The van der Waals surface area contributed by atoms with Crippen LogP contribution in [-0.2, 0) is 10.8 Å². The molecular formula is C63H61BN6S. The van der Waals surface area contributed by atoms with Gasteiger partial charge in [-0.3, -0.25) is 0 Å². The quantitative estimate of drug-likeness (QED) is 0.101. The third-order valence-electron chi connectivity index (χ3n) is 15.1. The lowest BCUT2D eigenvalue weighted by molar-refractivity contribution is -0.401. The summed E-state index contributed by atoms with van der Waals surface area (Å²) in [5.41, 5.74) is 16.6. The summed E-state index contributed by atoms with van der Waals surface area (Å²) in [4.78, 5) is 3.58. The Labute approximate surface area is 424 Å². The van der Waals surface area contributed by atoms with Crippen LogP contribution in [-0.4, -0.2) is 50.7 Å². The summed E-state index contributed by atoms with van der Waals surface area (Å²) >= 11 is 1.67. The predicted molar refractivity (Wildman–Crippen MR) is 299 cm³/mol. The number of likely N-dealkylation sites (N-methyl/N-ethyl adjacent to an activating group) is 1. The summed E-state index contributed by atoms with van der Waals surface area (Å²) in [7, 11) is 4.36. The lowest BCUT2D eigenvalue weighted by Gasteiger charge is -2.44. The number of hydrogen-bond acceptors (Lipinski definition) is 5. The number of thioether (sulfide) groups is 1. The Morgan fingerprint density at radius 1 is 0.563 bits per heavy atom. The molecule has 0 spiro atoms. The molecule has 1 aliphatic carbocycles. The summed E-state index contributed by atoms with van der Waals surface area (Å²) < 4.78 is 4.18. The van der Waals surface area contributed by atoms with E-state index < -0.39 is 6.15 Å². The van der Waals surface area contributed by atoms with Crippen LogP contribution in [0.5, 0.6) is 0 Å². The number of anilines is 1. The van der Waals surface area contributed by atoms with Gasteiger partial charge >= 0.3 is 0 Å². The summed E-state index contributed by atoms with van der Waals surface area (Å²) in [6.07, 6.45) is 11.2. The number of rotatable bonds is 10. The standard InChI is InChI=1S/C39H41N6S.C24H20B/c1-38(2)30-19-10-12-21-32(30)43(5)34(38)25-23-27-15-14-16-28(24-26-35-39(3,4)31-20-11-13-22-33(31)44(35)6)36(27)46-37-40-41-42-45(37)29-17-8-7-9-18-29;1-5-13-21(14-6-1)25(22-15-7-2-8-16-22,23-17-9-3-10-18-23)24-19-11-4-12-20-24/h7-13,17-26H,14-16H2,1-6H3;1-20H/q+1;-1. The summed E-state index contributed by atoms with van der Waals surface area (Å²) in [6, 6.07) is 71.1. The second-order valence-electron chi connectivity index (χ2n) is 19.9. The fourth-order valence-electron chi connectivity index (χ4n) is 11.5. The first-order chi connectivity index (χ1) is 34.6. The normalized spacial score (nSPS) is 17.1. The van der Waals surface area contributed by atoms with Gasteiger partial charge < -0.3 is 4.90 Å². The van der Waals surface area contributed by atoms with Crippen molar-refractivity contribution in [1.29, 1.82) is 0 Å². The zero-order valence-corrected chi connectivity index (χ0v) is 42.5. The Morgan fingerprint density at radius 3 is 1.62 bits per heavy atom. The molecule has 6 nitrogen and oxygen atoms in total. The number of allylic oxidation sites excluding steroid dienone is 7. The van der Waals surface area contributed by atoms with Gasteiger partial charge in [-0.05, 0) is 96.3 Å². The van der Waals surface area contributed by atoms with E-state index in [-0.39, 0.29) is 10.8 Å². The minimum absolute atomic E-state index is 0.0848. The number of hydrogen-bond donors (Lipinski definition) is 0. The van der Waals surface area contributed by atoms with Gasteiger partial charge in [0.25, 0.3) is 0 Å². The van der Waals surface area contributed by atoms with Crippen LogP contribution in [0.1, 0.15) is 58.1 Å². The van der Waals surface area contributed by atoms with Gasteiger partial charge in [0.15, 0.2) is 5.71 Å². The molecule has 0 N–H and O–H groups in total. The van der Waals surface area contributed by atoms with E-state index in [4.69, 9.17) is 0 Å². The molecule has 7 aromatic carbocycles. The first-order valence-corrected chi connectivity index (χ1v) is 25.7. The van der Waals surface area contributed by atoms with E-state index in [0.29, 0.717) is 0 Å². The number of benzene rings is 7. The van der Waals surface area contributed by atoms with E-state index in [1.165, 1.54) is 71.8 Å². The number of tetrazole rings is 1. The lowest BCUT2D eigenvalue weighted by atomic mass is 9.13. The van der Waals surface area contributed by atoms with Crippen molar-refractivity contribution in [3.8, 4) is 5.69 Å². The molecule has 8 heteroatoms. The molecule has 0 unspecified atom stereocenters. The number of nitrogens with zero attached hydrogens (tertiary/aromatic N) is 6. The van der Waals surface area contributed by atoms with Crippen LogP contribution in [0, 0.1) is 0 Å². The van der Waals surface area contributed by atoms with Gasteiger partial charge in [-0.1, -0.05) is 202 Å². The summed E-state index contributed by atoms with van der Waals surface area (Å²) in [5, 5.41) is 13.7. The molecule has 71 heavy (non-hydrogen) atoms. The van der Waals surface area contributed by atoms with Gasteiger partial charge in [-0.25, -0.2) is 0 Å². The van der Waals surface area contributed by atoms with E-state index in [2.05, 4.69) is 261 Å². The van der Waals surface area contributed by atoms with Crippen LogP contribution in [0.3, 0.4) is 0 Å². The molecule has 0 amide bonds. The van der Waals surface area contributed by atoms with Crippen LogP contribution >= 0.6 is 11.8 Å². The largest absolute Gasteiger partial charge is 0.347 e. The summed E-state index contributed by atoms with van der Waals surface area (Å²) in [6.45, 7) is 9.29. The third-order valence-corrected chi connectivity index (χ3v) is 16.2. The molecular weight excluding hydrogens is 884 g/mol. The van der Waals surface area contributed by atoms with Crippen LogP contribution in [0.2, 0.25) is 0 Å². The highest BCUT2D eigenvalue weighted by Crippen LogP contribution is 2.48. The van der Waals surface area contributed by atoms with Crippen molar-refractivity contribution in [2.24, 2.45) is 0 Å². The molecule has 0 atom stereocenters. The second-order valence-corrected chi connectivity index (χ2v) is 20.9.